The van der Waals surface area contributed by atoms with Crippen molar-refractivity contribution >= 4 is 0 Å². The largest absolute Gasteiger partial charge is 0.457 e. The highest BCUT2D eigenvalue weighted by atomic mass is 19.1. The van der Waals surface area contributed by atoms with Crippen molar-refractivity contribution in [2.75, 3.05) is 6.54 Å². The van der Waals surface area contributed by atoms with Gasteiger partial charge >= 0.3 is 0 Å². The molecule has 0 saturated carbocycles. The molecule has 0 bridgehead atoms. The third-order valence-electron chi connectivity index (χ3n) is 3.33. The molecular formula is C18H22FNO. The van der Waals surface area contributed by atoms with Crippen LogP contribution in [0.5, 0.6) is 11.5 Å². The molecule has 2 rings (SSSR count). The van der Waals surface area contributed by atoms with Gasteiger partial charge in [-0.1, -0.05) is 19.1 Å². The highest BCUT2D eigenvalue weighted by Gasteiger charge is 2.08. The summed E-state index contributed by atoms with van der Waals surface area (Å²) in [5.74, 6) is 1.28. The lowest BCUT2D eigenvalue weighted by Crippen LogP contribution is -2.14. The van der Waals surface area contributed by atoms with E-state index in [9.17, 15) is 4.39 Å². The van der Waals surface area contributed by atoms with Gasteiger partial charge in [0.15, 0.2) is 0 Å². The Balaban J connectivity index is 2.24. The first kappa shape index (κ1) is 15.5. The van der Waals surface area contributed by atoms with Gasteiger partial charge in [0, 0.05) is 12.1 Å². The Bertz CT molecular complexity index is 610. The lowest BCUT2D eigenvalue weighted by molar-refractivity contribution is 0.466. The van der Waals surface area contributed by atoms with Crippen molar-refractivity contribution in [2.45, 2.75) is 33.7 Å². The van der Waals surface area contributed by atoms with Crippen LogP contribution >= 0.6 is 0 Å². The summed E-state index contributed by atoms with van der Waals surface area (Å²) in [5.41, 5.74) is 3.05. The number of rotatable bonds is 6. The fourth-order valence-electron chi connectivity index (χ4n) is 2.12. The van der Waals surface area contributed by atoms with Crippen molar-refractivity contribution in [3.8, 4) is 11.5 Å². The van der Waals surface area contributed by atoms with Gasteiger partial charge in [0.1, 0.15) is 17.3 Å². The van der Waals surface area contributed by atoms with E-state index in [4.69, 9.17) is 4.74 Å². The maximum atomic E-state index is 13.5. The van der Waals surface area contributed by atoms with Crippen LogP contribution in [0, 0.1) is 19.7 Å². The summed E-state index contributed by atoms with van der Waals surface area (Å²) >= 11 is 0. The summed E-state index contributed by atoms with van der Waals surface area (Å²) in [5, 5.41) is 3.28. The molecule has 0 saturated heterocycles. The van der Waals surface area contributed by atoms with E-state index < -0.39 is 0 Å². The molecule has 1 N–H and O–H groups in total. The molecule has 2 nitrogen and oxygen atoms in total. The van der Waals surface area contributed by atoms with E-state index in [1.165, 1.54) is 12.1 Å². The van der Waals surface area contributed by atoms with Crippen LogP contribution in [-0.2, 0) is 6.54 Å². The standard InChI is InChI=1S/C18H22FNO/c1-4-9-20-12-15-11-16(19)7-8-17(15)21-18-10-13(2)5-6-14(18)3/h5-8,10-11,20H,4,9,12H2,1-3H3. The van der Waals surface area contributed by atoms with Crippen LogP contribution in [0.15, 0.2) is 36.4 Å². The van der Waals surface area contributed by atoms with Gasteiger partial charge in [0.2, 0.25) is 0 Å². The second-order valence-electron chi connectivity index (χ2n) is 5.30. The first-order valence-electron chi connectivity index (χ1n) is 7.34. The van der Waals surface area contributed by atoms with Gasteiger partial charge in [0.05, 0.1) is 0 Å². The van der Waals surface area contributed by atoms with Gasteiger partial charge in [0.25, 0.3) is 0 Å². The van der Waals surface area contributed by atoms with Crippen LogP contribution < -0.4 is 10.1 Å². The van der Waals surface area contributed by atoms with Crippen LogP contribution in [-0.4, -0.2) is 6.54 Å². The molecular weight excluding hydrogens is 265 g/mol. The summed E-state index contributed by atoms with van der Waals surface area (Å²) in [6, 6.07) is 10.7. The average Bonchev–Trinajstić information content (AvgIpc) is 2.46. The van der Waals surface area contributed by atoms with Crippen LogP contribution in [0.4, 0.5) is 4.39 Å². The van der Waals surface area contributed by atoms with Crippen molar-refractivity contribution in [2.24, 2.45) is 0 Å². The Morgan fingerprint density at radius 2 is 1.86 bits per heavy atom. The molecule has 0 aliphatic carbocycles. The Morgan fingerprint density at radius 1 is 1.05 bits per heavy atom. The fourth-order valence-corrected chi connectivity index (χ4v) is 2.12. The van der Waals surface area contributed by atoms with Crippen LogP contribution in [0.1, 0.15) is 30.0 Å². The van der Waals surface area contributed by atoms with Crippen LogP contribution in [0.2, 0.25) is 0 Å². The van der Waals surface area contributed by atoms with E-state index in [0.717, 1.165) is 35.4 Å². The van der Waals surface area contributed by atoms with E-state index >= 15 is 0 Å². The molecule has 0 radical (unpaired) electrons. The Labute approximate surface area is 126 Å². The fraction of sp³-hybridized carbons (Fsp3) is 0.333. The van der Waals surface area contributed by atoms with Gasteiger partial charge in [-0.05, 0) is 62.2 Å². The summed E-state index contributed by atoms with van der Waals surface area (Å²) in [6.07, 6.45) is 1.04. The van der Waals surface area contributed by atoms with Crippen LogP contribution in [0.25, 0.3) is 0 Å². The minimum atomic E-state index is -0.239. The van der Waals surface area contributed by atoms with Gasteiger partial charge in [-0.3, -0.25) is 0 Å². The van der Waals surface area contributed by atoms with Crippen molar-refractivity contribution in [1.82, 2.24) is 5.32 Å². The Morgan fingerprint density at radius 3 is 2.62 bits per heavy atom. The molecule has 0 fully saturated rings. The zero-order valence-electron chi connectivity index (χ0n) is 12.9. The molecule has 2 aromatic rings. The third kappa shape index (κ3) is 4.30. The maximum Gasteiger partial charge on any atom is 0.132 e. The van der Waals surface area contributed by atoms with Crippen molar-refractivity contribution in [3.63, 3.8) is 0 Å². The third-order valence-corrected chi connectivity index (χ3v) is 3.33. The topological polar surface area (TPSA) is 21.3 Å². The van der Waals surface area contributed by atoms with E-state index in [1.54, 1.807) is 6.07 Å². The normalized spacial score (nSPS) is 10.7. The summed E-state index contributed by atoms with van der Waals surface area (Å²) in [6.45, 7) is 7.64. The predicted molar refractivity (Wildman–Crippen MR) is 84.4 cm³/mol. The number of aryl methyl sites for hydroxylation is 2. The van der Waals surface area contributed by atoms with Gasteiger partial charge in [-0.2, -0.15) is 0 Å². The van der Waals surface area contributed by atoms with Gasteiger partial charge in [-0.25, -0.2) is 4.39 Å². The average molecular weight is 287 g/mol. The number of hydrogen-bond acceptors (Lipinski definition) is 2. The molecule has 2 aromatic carbocycles. The summed E-state index contributed by atoms with van der Waals surface area (Å²) < 4.78 is 19.5. The first-order chi connectivity index (χ1) is 10.1. The number of ether oxygens (including phenoxy) is 1. The number of hydrogen-bond donors (Lipinski definition) is 1. The molecule has 21 heavy (non-hydrogen) atoms. The predicted octanol–water partition coefficient (Wildman–Crippen LogP) is 4.73. The summed E-state index contributed by atoms with van der Waals surface area (Å²) in [4.78, 5) is 0. The van der Waals surface area contributed by atoms with Crippen molar-refractivity contribution in [1.29, 1.82) is 0 Å². The zero-order valence-corrected chi connectivity index (χ0v) is 12.9. The molecule has 0 atom stereocenters. The first-order valence-corrected chi connectivity index (χ1v) is 7.34. The van der Waals surface area contributed by atoms with E-state index in [-0.39, 0.29) is 5.82 Å². The molecule has 0 aromatic heterocycles. The minimum absolute atomic E-state index is 0.239. The van der Waals surface area contributed by atoms with Crippen LogP contribution in [0.3, 0.4) is 0 Å². The van der Waals surface area contributed by atoms with Gasteiger partial charge in [-0.15, -0.1) is 0 Å². The lowest BCUT2D eigenvalue weighted by Gasteiger charge is -2.14. The molecule has 0 amide bonds. The number of nitrogens with one attached hydrogen (secondary N) is 1. The summed E-state index contributed by atoms with van der Waals surface area (Å²) in [7, 11) is 0. The monoisotopic (exact) mass is 287 g/mol. The lowest BCUT2D eigenvalue weighted by atomic mass is 10.1. The molecule has 0 spiro atoms. The van der Waals surface area contributed by atoms with E-state index in [0.29, 0.717) is 12.3 Å². The van der Waals surface area contributed by atoms with Crippen molar-refractivity contribution < 1.29 is 9.13 Å². The second-order valence-corrected chi connectivity index (χ2v) is 5.30. The van der Waals surface area contributed by atoms with E-state index in [2.05, 4.69) is 18.3 Å². The molecule has 3 heteroatoms. The molecule has 0 unspecified atom stereocenters. The highest BCUT2D eigenvalue weighted by Crippen LogP contribution is 2.29. The number of benzene rings is 2. The molecule has 112 valence electrons. The zero-order chi connectivity index (χ0) is 15.2. The Hall–Kier alpha value is -1.87. The molecule has 0 heterocycles. The maximum absolute atomic E-state index is 13.5. The quantitative estimate of drug-likeness (QED) is 0.775. The number of halogens is 1. The van der Waals surface area contributed by atoms with E-state index in [1.807, 2.05) is 26.0 Å². The van der Waals surface area contributed by atoms with Crippen molar-refractivity contribution in [3.05, 3.63) is 58.9 Å². The minimum Gasteiger partial charge on any atom is -0.457 e. The molecule has 0 aliphatic heterocycles. The van der Waals surface area contributed by atoms with Gasteiger partial charge < -0.3 is 10.1 Å². The Kier molecular flexibility index (Phi) is 5.34. The SMILES string of the molecule is CCCNCc1cc(F)ccc1Oc1cc(C)ccc1C. The second kappa shape index (κ2) is 7.23. The molecule has 0 aliphatic rings. The smallest absolute Gasteiger partial charge is 0.132 e. The highest BCUT2D eigenvalue weighted by molar-refractivity contribution is 5.42.